The smallest absolute Gasteiger partial charge is 0.122 e. The quantitative estimate of drug-likeness (QED) is 0.860. The Morgan fingerprint density at radius 3 is 2.58 bits per heavy atom. The third-order valence-electron chi connectivity index (χ3n) is 4.08. The van der Waals surface area contributed by atoms with E-state index in [1.165, 1.54) is 43.2 Å². The number of ether oxygens (including phenoxy) is 1. The van der Waals surface area contributed by atoms with Crippen LogP contribution in [-0.4, -0.2) is 18.3 Å². The summed E-state index contributed by atoms with van der Waals surface area (Å²) in [7, 11) is 0. The standard InChI is InChI=1S/C17H26O2/c1-13(2)16-12-15(14-6-4-3-5-7-14)8-9-17(16)19-11-10-18/h8-9,12-14,18H,3-7,10-11H2,1-2H3. The van der Waals surface area contributed by atoms with Crippen molar-refractivity contribution in [1.82, 2.24) is 0 Å². The Hall–Kier alpha value is -1.02. The topological polar surface area (TPSA) is 29.5 Å². The summed E-state index contributed by atoms with van der Waals surface area (Å²) in [5, 5.41) is 8.89. The molecule has 0 amide bonds. The molecule has 0 spiro atoms. The summed E-state index contributed by atoms with van der Waals surface area (Å²) in [6, 6.07) is 6.64. The summed E-state index contributed by atoms with van der Waals surface area (Å²) >= 11 is 0. The molecule has 1 aromatic rings. The van der Waals surface area contributed by atoms with Crippen molar-refractivity contribution >= 4 is 0 Å². The first kappa shape index (κ1) is 14.4. The van der Waals surface area contributed by atoms with Gasteiger partial charge in [-0.05, 0) is 41.9 Å². The minimum Gasteiger partial charge on any atom is -0.491 e. The molecule has 1 aromatic carbocycles. The van der Waals surface area contributed by atoms with Crippen LogP contribution in [0.25, 0.3) is 0 Å². The second-order valence-corrected chi connectivity index (χ2v) is 5.86. The van der Waals surface area contributed by atoms with Crippen LogP contribution in [0.3, 0.4) is 0 Å². The Labute approximate surface area is 116 Å². The third-order valence-corrected chi connectivity index (χ3v) is 4.08. The zero-order valence-electron chi connectivity index (χ0n) is 12.2. The first-order valence-corrected chi connectivity index (χ1v) is 7.60. The van der Waals surface area contributed by atoms with Gasteiger partial charge in [-0.3, -0.25) is 0 Å². The SMILES string of the molecule is CC(C)c1cc(C2CCCCC2)ccc1OCCO. The van der Waals surface area contributed by atoms with Crippen molar-refractivity contribution in [1.29, 1.82) is 0 Å². The second kappa shape index (κ2) is 6.95. The van der Waals surface area contributed by atoms with Gasteiger partial charge in [0, 0.05) is 0 Å². The molecule has 2 heteroatoms. The van der Waals surface area contributed by atoms with Crippen LogP contribution in [-0.2, 0) is 0 Å². The summed E-state index contributed by atoms with van der Waals surface area (Å²) in [5.41, 5.74) is 2.75. The first-order valence-electron chi connectivity index (χ1n) is 7.60. The van der Waals surface area contributed by atoms with E-state index in [1.807, 2.05) is 0 Å². The molecule has 0 saturated heterocycles. The maximum absolute atomic E-state index is 8.89. The van der Waals surface area contributed by atoms with E-state index in [-0.39, 0.29) is 6.61 Å². The van der Waals surface area contributed by atoms with Crippen LogP contribution in [0.5, 0.6) is 5.75 Å². The molecule has 0 aromatic heterocycles. The van der Waals surface area contributed by atoms with Crippen molar-refractivity contribution in [2.45, 2.75) is 57.8 Å². The second-order valence-electron chi connectivity index (χ2n) is 5.86. The van der Waals surface area contributed by atoms with Gasteiger partial charge in [-0.25, -0.2) is 0 Å². The molecule has 0 aliphatic heterocycles. The van der Waals surface area contributed by atoms with Crippen LogP contribution >= 0.6 is 0 Å². The van der Waals surface area contributed by atoms with Crippen molar-refractivity contribution in [2.75, 3.05) is 13.2 Å². The van der Waals surface area contributed by atoms with Gasteiger partial charge in [0.15, 0.2) is 0 Å². The number of aliphatic hydroxyl groups excluding tert-OH is 1. The molecular formula is C17H26O2. The minimum absolute atomic E-state index is 0.0713. The van der Waals surface area contributed by atoms with E-state index in [0.29, 0.717) is 12.5 Å². The monoisotopic (exact) mass is 262 g/mol. The van der Waals surface area contributed by atoms with Gasteiger partial charge in [0.25, 0.3) is 0 Å². The first-order chi connectivity index (χ1) is 9.22. The Kier molecular flexibility index (Phi) is 5.26. The van der Waals surface area contributed by atoms with E-state index >= 15 is 0 Å². The van der Waals surface area contributed by atoms with Gasteiger partial charge in [-0.15, -0.1) is 0 Å². The molecule has 2 nitrogen and oxygen atoms in total. The van der Waals surface area contributed by atoms with Crippen LogP contribution in [0.15, 0.2) is 18.2 Å². The maximum Gasteiger partial charge on any atom is 0.122 e. The third kappa shape index (κ3) is 3.73. The molecule has 1 fully saturated rings. The summed E-state index contributed by atoms with van der Waals surface area (Å²) in [4.78, 5) is 0. The van der Waals surface area contributed by atoms with E-state index in [0.717, 1.165) is 11.7 Å². The molecule has 1 N–H and O–H groups in total. The van der Waals surface area contributed by atoms with Crippen LogP contribution in [0.4, 0.5) is 0 Å². The van der Waals surface area contributed by atoms with E-state index < -0.39 is 0 Å². The lowest BCUT2D eigenvalue weighted by atomic mass is 9.83. The molecule has 19 heavy (non-hydrogen) atoms. The molecule has 0 heterocycles. The average Bonchev–Trinajstić information content (AvgIpc) is 2.45. The number of rotatable bonds is 5. The summed E-state index contributed by atoms with van der Waals surface area (Å²) in [5.74, 6) is 2.12. The van der Waals surface area contributed by atoms with Crippen molar-refractivity contribution in [2.24, 2.45) is 0 Å². The molecule has 2 rings (SSSR count). The fourth-order valence-corrected chi connectivity index (χ4v) is 3.00. The van der Waals surface area contributed by atoms with Crippen molar-refractivity contribution in [3.05, 3.63) is 29.3 Å². The highest BCUT2D eigenvalue weighted by Gasteiger charge is 2.18. The highest BCUT2D eigenvalue weighted by atomic mass is 16.5. The van der Waals surface area contributed by atoms with Crippen LogP contribution in [0.2, 0.25) is 0 Å². The lowest BCUT2D eigenvalue weighted by Crippen LogP contribution is -2.08. The predicted octanol–water partition coefficient (Wildman–Crippen LogP) is 4.23. The van der Waals surface area contributed by atoms with Gasteiger partial charge in [0.05, 0.1) is 6.61 Å². The van der Waals surface area contributed by atoms with Crippen molar-refractivity contribution < 1.29 is 9.84 Å². The van der Waals surface area contributed by atoms with Crippen LogP contribution in [0.1, 0.15) is 68.9 Å². The number of hydrogen-bond donors (Lipinski definition) is 1. The van der Waals surface area contributed by atoms with Gasteiger partial charge in [0.2, 0.25) is 0 Å². The molecule has 0 bridgehead atoms. The van der Waals surface area contributed by atoms with Crippen LogP contribution < -0.4 is 4.74 Å². The van der Waals surface area contributed by atoms with Crippen molar-refractivity contribution in [3.63, 3.8) is 0 Å². The average molecular weight is 262 g/mol. The molecule has 0 atom stereocenters. The van der Waals surface area contributed by atoms with Gasteiger partial charge >= 0.3 is 0 Å². The van der Waals surface area contributed by atoms with Crippen LogP contribution in [0, 0.1) is 0 Å². The zero-order valence-corrected chi connectivity index (χ0v) is 12.2. The fraction of sp³-hybridized carbons (Fsp3) is 0.647. The Balaban J connectivity index is 2.19. The Morgan fingerprint density at radius 2 is 1.95 bits per heavy atom. The molecule has 106 valence electrons. The van der Waals surface area contributed by atoms with Gasteiger partial charge < -0.3 is 9.84 Å². The number of aliphatic hydroxyl groups is 1. The van der Waals surface area contributed by atoms with E-state index in [2.05, 4.69) is 32.0 Å². The molecular weight excluding hydrogens is 236 g/mol. The normalized spacial score (nSPS) is 16.8. The van der Waals surface area contributed by atoms with E-state index in [4.69, 9.17) is 9.84 Å². The maximum atomic E-state index is 8.89. The zero-order chi connectivity index (χ0) is 13.7. The lowest BCUT2D eigenvalue weighted by Gasteiger charge is -2.24. The Bertz CT molecular complexity index is 392. The highest BCUT2D eigenvalue weighted by Crippen LogP contribution is 2.36. The summed E-state index contributed by atoms with van der Waals surface area (Å²) in [6.45, 7) is 4.85. The lowest BCUT2D eigenvalue weighted by molar-refractivity contribution is 0.200. The highest BCUT2D eigenvalue weighted by molar-refractivity contribution is 5.40. The fourth-order valence-electron chi connectivity index (χ4n) is 3.00. The molecule has 1 saturated carbocycles. The molecule has 0 radical (unpaired) electrons. The predicted molar refractivity (Wildman–Crippen MR) is 78.9 cm³/mol. The van der Waals surface area contributed by atoms with Crippen molar-refractivity contribution in [3.8, 4) is 5.75 Å². The number of hydrogen-bond acceptors (Lipinski definition) is 2. The molecule has 1 aliphatic rings. The van der Waals surface area contributed by atoms with E-state index in [9.17, 15) is 0 Å². The Morgan fingerprint density at radius 1 is 1.21 bits per heavy atom. The van der Waals surface area contributed by atoms with Gasteiger partial charge in [-0.2, -0.15) is 0 Å². The van der Waals surface area contributed by atoms with Gasteiger partial charge in [0.1, 0.15) is 12.4 Å². The minimum atomic E-state index is 0.0713. The molecule has 1 aliphatic carbocycles. The summed E-state index contributed by atoms with van der Waals surface area (Å²) < 4.78 is 5.64. The number of benzene rings is 1. The summed E-state index contributed by atoms with van der Waals surface area (Å²) in [6.07, 6.45) is 6.78. The van der Waals surface area contributed by atoms with E-state index in [1.54, 1.807) is 0 Å². The van der Waals surface area contributed by atoms with Gasteiger partial charge in [-0.1, -0.05) is 45.2 Å². The molecule has 0 unspecified atom stereocenters. The largest absolute Gasteiger partial charge is 0.491 e.